The van der Waals surface area contributed by atoms with Gasteiger partial charge in [-0.1, -0.05) is 0 Å². The van der Waals surface area contributed by atoms with Crippen LogP contribution in [0, 0.1) is 0 Å². The third-order valence-electron chi connectivity index (χ3n) is 0. The smallest absolute Gasteiger partial charge is 0.170 e. The fraction of sp³-hybridized carbons (Fsp3) is 0. The highest BCUT2D eigenvalue weighted by Gasteiger charge is 1.63. The Morgan fingerprint density at radius 1 is 1.50 bits per heavy atom. The predicted octanol–water partition coefficient (Wildman–Crippen LogP) is -1.16. The van der Waals surface area contributed by atoms with Crippen LogP contribution in [0.3, 0.4) is 0 Å². The molecule has 0 aromatic rings. The first-order valence-corrected chi connectivity index (χ1v) is 1.54. The summed E-state index contributed by atoms with van der Waals surface area (Å²) < 4.78 is 0.611. The molecule has 0 saturated heterocycles. The van der Waals surface area contributed by atoms with Crippen molar-refractivity contribution in [2.75, 3.05) is 0 Å². The van der Waals surface area contributed by atoms with Crippen LogP contribution in [-0.2, 0) is 0 Å². The molecule has 4 heavy (non-hydrogen) atoms. The maximum absolute atomic E-state index is 7.72. The molecule has 0 bridgehead atoms. The van der Waals surface area contributed by atoms with E-state index < -0.39 is 0 Å². The summed E-state index contributed by atoms with van der Waals surface area (Å²) >= 11 is 0. The standard InChI is InChI=1S/HNOSi2/c2-1(3)4/h2H. The molecule has 0 unspecified atom stereocenters. The third kappa shape index (κ3) is 34.5. The van der Waals surface area contributed by atoms with Crippen LogP contribution in [-0.4, -0.2) is 30.4 Å². The van der Waals surface area contributed by atoms with Gasteiger partial charge in [0.1, 0.15) is 0 Å². The lowest BCUT2D eigenvalue weighted by Gasteiger charge is -1.87. The molecule has 6 radical (unpaired) electrons. The molecule has 2 nitrogen and oxygen atoms in total. The van der Waals surface area contributed by atoms with Crippen molar-refractivity contribution in [3.63, 3.8) is 0 Å². The van der Waals surface area contributed by atoms with Crippen molar-refractivity contribution in [2.24, 2.45) is 0 Å². The number of hydrogen-bond acceptors (Lipinski definition) is 2. The van der Waals surface area contributed by atoms with Crippen LogP contribution in [0.5, 0.6) is 0 Å². The molecular weight excluding hydrogens is 86.2 g/mol. The van der Waals surface area contributed by atoms with Crippen molar-refractivity contribution in [3.05, 3.63) is 0 Å². The highest BCUT2D eigenvalue weighted by Crippen LogP contribution is 1.40. The summed E-state index contributed by atoms with van der Waals surface area (Å²) in [6, 6.07) is 0. The molecule has 0 amide bonds. The van der Waals surface area contributed by atoms with E-state index in [-0.39, 0.29) is 0 Å². The fourth-order valence-electron chi connectivity index (χ4n) is 0. The minimum atomic E-state index is 0.611. The summed E-state index contributed by atoms with van der Waals surface area (Å²) in [5.41, 5.74) is 0. The molecule has 20 valence electrons. The summed E-state index contributed by atoms with van der Waals surface area (Å²) in [5, 5.41) is 7.72. The maximum Gasteiger partial charge on any atom is 0.170 e. The predicted molar refractivity (Wildman–Crippen MR) is 15.1 cm³/mol. The van der Waals surface area contributed by atoms with E-state index in [1.165, 1.54) is 0 Å². The first kappa shape index (κ1) is 4.35. The molecule has 0 atom stereocenters. The highest BCUT2D eigenvalue weighted by molar-refractivity contribution is 6.23. The van der Waals surface area contributed by atoms with E-state index in [2.05, 4.69) is 20.8 Å². The summed E-state index contributed by atoms with van der Waals surface area (Å²) in [6.45, 7) is 0. The summed E-state index contributed by atoms with van der Waals surface area (Å²) in [7, 11) is 5.23. The van der Waals surface area contributed by atoms with Crippen LogP contribution >= 0.6 is 0 Å². The van der Waals surface area contributed by atoms with Gasteiger partial charge in [0, 0.05) is 0 Å². The van der Waals surface area contributed by atoms with Crippen LogP contribution in [0.25, 0.3) is 0 Å². The zero-order chi connectivity index (χ0) is 3.58. The first-order valence-electron chi connectivity index (χ1n) is 0.647. The SMILES string of the molecule is ON([Si])[Si]. The Hall–Kier alpha value is 0.354. The van der Waals surface area contributed by atoms with Crippen molar-refractivity contribution >= 4 is 20.8 Å². The minimum Gasteiger partial charge on any atom is -0.329 e. The molecule has 0 aliphatic carbocycles. The summed E-state index contributed by atoms with van der Waals surface area (Å²) in [6.07, 6.45) is 0. The monoisotopic (exact) mass is 87.0 g/mol. The molecule has 0 rings (SSSR count). The van der Waals surface area contributed by atoms with Crippen LogP contribution in [0.4, 0.5) is 0 Å². The van der Waals surface area contributed by atoms with Gasteiger partial charge in [-0.25, -0.2) is 4.39 Å². The number of rotatable bonds is 0. The Kier molecular flexibility index (Phi) is 1.80. The van der Waals surface area contributed by atoms with Gasteiger partial charge in [0.05, 0.1) is 0 Å². The van der Waals surface area contributed by atoms with Crippen LogP contribution < -0.4 is 0 Å². The molecule has 4 heteroatoms. The minimum absolute atomic E-state index is 0.611. The van der Waals surface area contributed by atoms with E-state index in [1.54, 1.807) is 0 Å². The van der Waals surface area contributed by atoms with Gasteiger partial charge in [0.25, 0.3) is 0 Å². The average molecular weight is 87.2 g/mol. The maximum atomic E-state index is 7.72. The van der Waals surface area contributed by atoms with Crippen molar-refractivity contribution in [2.45, 2.75) is 0 Å². The second-order valence-electron chi connectivity index (χ2n) is 0.312. The molecule has 0 aromatic carbocycles. The van der Waals surface area contributed by atoms with Gasteiger partial charge in [-0.2, -0.15) is 0 Å². The summed E-state index contributed by atoms with van der Waals surface area (Å²) in [4.78, 5) is 0. The molecule has 0 heterocycles. The Morgan fingerprint density at radius 2 is 1.50 bits per heavy atom. The van der Waals surface area contributed by atoms with Gasteiger partial charge in [0.15, 0.2) is 20.8 Å². The van der Waals surface area contributed by atoms with E-state index in [9.17, 15) is 0 Å². The molecule has 0 aromatic heterocycles. The van der Waals surface area contributed by atoms with E-state index in [0.717, 1.165) is 0 Å². The lowest BCUT2D eigenvalue weighted by Crippen LogP contribution is -2.07. The van der Waals surface area contributed by atoms with Gasteiger partial charge < -0.3 is 5.21 Å². The molecule has 1 N–H and O–H groups in total. The topological polar surface area (TPSA) is 23.5 Å². The second kappa shape index (κ2) is 1.65. The Balaban J connectivity index is 2.32. The van der Waals surface area contributed by atoms with Crippen LogP contribution in [0.15, 0.2) is 0 Å². The van der Waals surface area contributed by atoms with Gasteiger partial charge in [-0.05, 0) is 0 Å². The fourth-order valence-corrected chi connectivity index (χ4v) is 0. The molecule has 0 saturated carbocycles. The Morgan fingerprint density at radius 3 is 1.50 bits per heavy atom. The second-order valence-corrected chi connectivity index (χ2v) is 1.61. The van der Waals surface area contributed by atoms with Gasteiger partial charge in [-0.3, -0.25) is 0 Å². The van der Waals surface area contributed by atoms with Crippen molar-refractivity contribution in [1.29, 1.82) is 0 Å². The molecule has 0 fully saturated rings. The van der Waals surface area contributed by atoms with Gasteiger partial charge in [0.2, 0.25) is 0 Å². The Bertz CT molecular complexity index is 10.8. The quantitative estimate of drug-likeness (QED) is 0.298. The van der Waals surface area contributed by atoms with Crippen molar-refractivity contribution in [3.8, 4) is 0 Å². The van der Waals surface area contributed by atoms with Gasteiger partial charge >= 0.3 is 0 Å². The molecule has 0 spiro atoms. The normalized spacial score (nSPS) is 9.00. The highest BCUT2D eigenvalue weighted by atomic mass is 28.2. The summed E-state index contributed by atoms with van der Waals surface area (Å²) in [5.74, 6) is 0. The van der Waals surface area contributed by atoms with Crippen molar-refractivity contribution in [1.82, 2.24) is 4.39 Å². The first-order chi connectivity index (χ1) is 1.73. The van der Waals surface area contributed by atoms with E-state index in [4.69, 9.17) is 5.21 Å². The van der Waals surface area contributed by atoms with E-state index in [1.807, 2.05) is 0 Å². The molecule has 0 aliphatic rings. The lowest BCUT2D eigenvalue weighted by molar-refractivity contribution is 0.102. The average Bonchev–Trinajstić information content (AvgIpc) is 0.811. The molecule has 0 aliphatic heterocycles. The largest absolute Gasteiger partial charge is 0.329 e. The van der Waals surface area contributed by atoms with Crippen molar-refractivity contribution < 1.29 is 5.21 Å². The van der Waals surface area contributed by atoms with Crippen LogP contribution in [0.2, 0.25) is 0 Å². The van der Waals surface area contributed by atoms with Gasteiger partial charge in [-0.15, -0.1) is 0 Å². The zero-order valence-corrected chi connectivity index (χ0v) is 3.89. The Labute approximate surface area is 31.4 Å². The lowest BCUT2D eigenvalue weighted by atomic mass is 13.5. The molecular formula is HNOSi2. The number of hydrogen-bond donors (Lipinski definition) is 1. The van der Waals surface area contributed by atoms with Crippen LogP contribution in [0.1, 0.15) is 0 Å². The van der Waals surface area contributed by atoms with E-state index >= 15 is 0 Å². The third-order valence-corrected chi connectivity index (χ3v) is 0. The number of nitrogens with zero attached hydrogens (tertiary/aromatic N) is 1. The zero-order valence-electron chi connectivity index (χ0n) is 1.89. The van der Waals surface area contributed by atoms with E-state index in [0.29, 0.717) is 4.39 Å².